The number of hydrogen-bond donors (Lipinski definition) is 4. The van der Waals surface area contributed by atoms with Crippen LogP contribution in [0.3, 0.4) is 0 Å². The summed E-state index contributed by atoms with van der Waals surface area (Å²) < 4.78 is 6.51. The van der Waals surface area contributed by atoms with E-state index in [0.29, 0.717) is 32.5 Å². The van der Waals surface area contributed by atoms with Crippen molar-refractivity contribution < 1.29 is 29.3 Å². The number of rotatable bonds is 22. The van der Waals surface area contributed by atoms with Crippen LogP contribution in [0.2, 0.25) is 0 Å². The number of piperidine rings is 1. The molecule has 2 aromatic rings. The number of amides is 2. The minimum Gasteiger partial charge on any atom is -0.508 e. The number of carbonyl (C=O) groups is 3. The van der Waals surface area contributed by atoms with Crippen LogP contribution >= 0.6 is 11.3 Å². The number of carboxylic acids is 1. The van der Waals surface area contributed by atoms with E-state index in [1.54, 1.807) is 30.4 Å². The molecule has 2 unspecified atom stereocenters. The zero-order valence-electron chi connectivity index (χ0n) is 34.0. The highest BCUT2D eigenvalue weighted by molar-refractivity contribution is 7.09. The molecule has 0 spiro atoms. The van der Waals surface area contributed by atoms with Crippen LogP contribution < -0.4 is 10.6 Å². The first kappa shape index (κ1) is 43.7. The molecule has 2 fully saturated rings. The van der Waals surface area contributed by atoms with Crippen molar-refractivity contribution in [1.29, 1.82) is 0 Å². The number of likely N-dealkylation sites (tertiary alicyclic amines) is 1. The van der Waals surface area contributed by atoms with Gasteiger partial charge in [0.2, 0.25) is 11.8 Å². The van der Waals surface area contributed by atoms with Crippen molar-refractivity contribution in [1.82, 2.24) is 25.4 Å². The molecule has 2 aliphatic rings. The minimum atomic E-state index is -0.815. The number of phenolic OH excluding ortho intramolecular Hbond substituents is 1. The summed E-state index contributed by atoms with van der Waals surface area (Å²) in [6.45, 7) is 16.9. The van der Waals surface area contributed by atoms with Gasteiger partial charge in [0.15, 0.2) is 0 Å². The molecule has 1 aromatic heterocycles. The van der Waals surface area contributed by atoms with Gasteiger partial charge < -0.3 is 30.5 Å². The highest BCUT2D eigenvalue weighted by Crippen LogP contribution is 2.55. The molecule has 0 radical (unpaired) electrons. The highest BCUT2D eigenvalue weighted by Gasteiger charge is 2.55. The third-order valence-electron chi connectivity index (χ3n) is 11.7. The maximum atomic E-state index is 14.7. The number of nitrogens with zero attached hydrogens (tertiary/aromatic N) is 3. The average molecular weight is 770 g/mol. The summed E-state index contributed by atoms with van der Waals surface area (Å²) in [5, 5.41) is 29.4. The zero-order chi connectivity index (χ0) is 39.6. The van der Waals surface area contributed by atoms with Crippen LogP contribution in [0, 0.1) is 17.8 Å². The van der Waals surface area contributed by atoms with Crippen LogP contribution in [0.4, 0.5) is 0 Å². The molecule has 1 aromatic carbocycles. The molecule has 1 aliphatic carbocycles. The Morgan fingerprint density at radius 1 is 1.09 bits per heavy atom. The topological polar surface area (TPSA) is 144 Å². The normalized spacial score (nSPS) is 23.0. The fourth-order valence-corrected chi connectivity index (χ4v) is 8.95. The number of aromatic nitrogens is 1. The molecule has 2 amide bonds. The number of carbonyl (C=O) groups excluding carboxylic acids is 2. The molecular formula is C42H67N5O6S. The second-order valence-corrected chi connectivity index (χ2v) is 17.2. The lowest BCUT2D eigenvalue weighted by molar-refractivity contribution is -0.143. The van der Waals surface area contributed by atoms with Gasteiger partial charge >= 0.3 is 5.97 Å². The predicted octanol–water partition coefficient (Wildman–Crippen LogP) is 7.11. The van der Waals surface area contributed by atoms with Crippen LogP contribution in [0.5, 0.6) is 5.75 Å². The van der Waals surface area contributed by atoms with Crippen molar-refractivity contribution in [2.24, 2.45) is 17.8 Å². The van der Waals surface area contributed by atoms with E-state index in [9.17, 15) is 24.6 Å². The van der Waals surface area contributed by atoms with Crippen LogP contribution in [0.25, 0.3) is 0 Å². The van der Waals surface area contributed by atoms with E-state index in [1.165, 1.54) is 0 Å². The summed E-state index contributed by atoms with van der Waals surface area (Å²) in [5.74, 6) is -0.950. The Balaban J connectivity index is 1.53. The first-order valence-corrected chi connectivity index (χ1v) is 21.3. The fourth-order valence-electron chi connectivity index (χ4n) is 8.07. The van der Waals surface area contributed by atoms with E-state index in [-0.39, 0.29) is 59.0 Å². The number of thiazole rings is 1. The molecule has 0 bridgehead atoms. The first-order valence-electron chi connectivity index (χ1n) is 20.4. The molecule has 12 heteroatoms. The van der Waals surface area contributed by atoms with Gasteiger partial charge in [-0.3, -0.25) is 19.3 Å². The van der Waals surface area contributed by atoms with Gasteiger partial charge in [-0.2, -0.15) is 0 Å². The summed E-state index contributed by atoms with van der Waals surface area (Å²) in [6.07, 6.45) is 6.88. The Bertz CT molecular complexity index is 1500. The summed E-state index contributed by atoms with van der Waals surface area (Å²) in [5.41, 5.74) is 1.56. The van der Waals surface area contributed by atoms with Crippen LogP contribution in [0.15, 0.2) is 29.6 Å². The summed E-state index contributed by atoms with van der Waals surface area (Å²) >= 11 is 1.56. The van der Waals surface area contributed by atoms with Crippen LogP contribution in [-0.2, 0) is 25.7 Å². The average Bonchev–Trinajstić information content (AvgIpc) is 3.64. The number of carboxylic acid groups (broad SMARTS) is 1. The summed E-state index contributed by atoms with van der Waals surface area (Å²) in [6, 6.07) is 6.23. The van der Waals surface area contributed by atoms with Crippen molar-refractivity contribution in [2.45, 2.75) is 148 Å². The molecule has 1 aliphatic heterocycles. The highest BCUT2D eigenvalue weighted by atomic mass is 32.1. The van der Waals surface area contributed by atoms with Gasteiger partial charge in [0.1, 0.15) is 22.9 Å². The standard InChI is InChI=1S/C42H67N5O6S/c1-9-19-47(40(50)37(28(6)11-3)45-38(49)34-14-12-13-20-46(34)8)35(27(4)5)22-36(53-21-10-2)39-44-31(26-54-39)25-43-42(23-29(7)41(51)52)24-33(42)30-15-17-32(48)18-16-30/h15-18,26-29,33-37,43,48H,9-14,19-25H2,1-8H3,(H,45,49)(H,51,52)/t28-,29-,33?,34+,35+,36+,37-,42?/m0/s1. The molecule has 2 heterocycles. The second kappa shape index (κ2) is 20.2. The van der Waals surface area contributed by atoms with Gasteiger partial charge in [0.05, 0.1) is 17.7 Å². The predicted molar refractivity (Wildman–Crippen MR) is 214 cm³/mol. The SMILES string of the molecule is CCCO[C@H](C[C@H](C(C)C)N(CCC)C(=O)[C@@H](NC(=O)[C@H]1CCCCN1C)[C@@H](C)CC)c1nc(CNC2(C[C@H](C)C(=O)O)CC2c2ccc(O)cc2)cs1. The van der Waals surface area contributed by atoms with Crippen molar-refractivity contribution >= 4 is 29.1 Å². The fraction of sp³-hybridized carbons (Fsp3) is 0.714. The molecule has 1 saturated heterocycles. The van der Waals surface area contributed by atoms with E-state index in [4.69, 9.17) is 9.72 Å². The number of ether oxygens (including phenoxy) is 1. The Kier molecular flexibility index (Phi) is 16.3. The van der Waals surface area contributed by atoms with Crippen LogP contribution in [0.1, 0.15) is 135 Å². The van der Waals surface area contributed by atoms with Gasteiger partial charge in [-0.25, -0.2) is 4.98 Å². The monoisotopic (exact) mass is 769 g/mol. The van der Waals surface area contributed by atoms with E-state index < -0.39 is 17.9 Å². The van der Waals surface area contributed by atoms with Gasteiger partial charge in [-0.05, 0) is 81.6 Å². The lowest BCUT2D eigenvalue weighted by Crippen LogP contribution is -2.58. The molecule has 8 atom stereocenters. The molecule has 4 rings (SSSR count). The second-order valence-electron chi connectivity index (χ2n) is 16.3. The summed E-state index contributed by atoms with van der Waals surface area (Å²) in [4.78, 5) is 49.3. The summed E-state index contributed by atoms with van der Waals surface area (Å²) in [7, 11) is 2.00. The number of hydrogen-bond acceptors (Lipinski definition) is 9. The Morgan fingerprint density at radius 2 is 1.81 bits per heavy atom. The largest absolute Gasteiger partial charge is 0.508 e. The maximum Gasteiger partial charge on any atom is 0.306 e. The van der Waals surface area contributed by atoms with Crippen molar-refractivity contribution in [3.8, 4) is 5.75 Å². The quantitative estimate of drug-likeness (QED) is 0.0985. The lowest BCUT2D eigenvalue weighted by Gasteiger charge is -2.40. The van der Waals surface area contributed by atoms with E-state index in [1.807, 2.05) is 29.5 Å². The van der Waals surface area contributed by atoms with Gasteiger partial charge in [0, 0.05) is 49.0 Å². The number of benzene rings is 1. The Hall–Kier alpha value is -3.06. The van der Waals surface area contributed by atoms with E-state index in [0.717, 1.165) is 67.8 Å². The molecule has 1 saturated carbocycles. The smallest absolute Gasteiger partial charge is 0.306 e. The Morgan fingerprint density at radius 3 is 2.43 bits per heavy atom. The van der Waals surface area contributed by atoms with Crippen molar-refractivity contribution in [3.05, 3.63) is 45.9 Å². The third-order valence-corrected chi connectivity index (χ3v) is 12.7. The van der Waals surface area contributed by atoms with Crippen molar-refractivity contribution in [2.75, 3.05) is 26.7 Å². The zero-order valence-corrected chi connectivity index (χ0v) is 34.8. The number of aromatic hydroxyl groups is 1. The van der Waals surface area contributed by atoms with Gasteiger partial charge in [-0.1, -0.05) is 73.4 Å². The number of likely N-dealkylation sites (N-methyl/N-ethyl adjacent to an activating group) is 1. The first-order chi connectivity index (χ1) is 25.7. The molecule has 302 valence electrons. The molecule has 11 nitrogen and oxygen atoms in total. The number of nitrogens with one attached hydrogen (secondary N) is 2. The van der Waals surface area contributed by atoms with Gasteiger partial charge in [-0.15, -0.1) is 11.3 Å². The van der Waals surface area contributed by atoms with Gasteiger partial charge in [0.25, 0.3) is 0 Å². The van der Waals surface area contributed by atoms with Crippen molar-refractivity contribution in [3.63, 3.8) is 0 Å². The molecule has 4 N–H and O–H groups in total. The van der Waals surface area contributed by atoms with E-state index >= 15 is 0 Å². The third kappa shape index (κ3) is 11.3. The van der Waals surface area contributed by atoms with Crippen LogP contribution in [-0.4, -0.2) is 93.2 Å². The number of phenols is 1. The maximum absolute atomic E-state index is 14.7. The Labute approximate surface area is 327 Å². The lowest BCUT2D eigenvalue weighted by atomic mass is 9.92. The van der Waals surface area contributed by atoms with E-state index in [2.05, 4.69) is 57.1 Å². The number of aliphatic carboxylic acids is 1. The molecule has 54 heavy (non-hydrogen) atoms. The molecular weight excluding hydrogens is 703 g/mol. The minimum absolute atomic E-state index is 0.0226.